The average Bonchev–Trinajstić information content (AvgIpc) is 3.13. The molecule has 3 heterocycles. The van der Waals surface area contributed by atoms with Crippen LogP contribution >= 0.6 is 0 Å². The molecule has 0 radical (unpaired) electrons. The van der Waals surface area contributed by atoms with Gasteiger partial charge in [0.1, 0.15) is 23.8 Å². The number of anilines is 1. The Bertz CT molecular complexity index is 950. The molecule has 7 heteroatoms. The Morgan fingerprint density at radius 3 is 2.92 bits per heavy atom. The molecule has 0 spiro atoms. The molecule has 3 aromatic rings. The van der Waals surface area contributed by atoms with E-state index in [0.717, 1.165) is 25.5 Å². The number of hydrogen-bond acceptors (Lipinski definition) is 5. The fourth-order valence-electron chi connectivity index (χ4n) is 3.44. The third-order valence-electron chi connectivity index (χ3n) is 4.58. The molecule has 1 atom stereocenters. The molecular formula is C19H18F2N4O. The zero-order valence-corrected chi connectivity index (χ0v) is 14.3. The van der Waals surface area contributed by atoms with Crippen molar-refractivity contribution in [2.75, 3.05) is 18.1 Å². The molecule has 0 N–H and O–H groups in total. The second kappa shape index (κ2) is 6.82. The van der Waals surface area contributed by atoms with Gasteiger partial charge in [-0.15, -0.1) is 0 Å². The van der Waals surface area contributed by atoms with Gasteiger partial charge in [0.2, 0.25) is 5.88 Å². The Hall–Kier alpha value is -2.83. The van der Waals surface area contributed by atoms with Crippen LogP contribution in [-0.4, -0.2) is 28.1 Å². The second-order valence-electron chi connectivity index (χ2n) is 6.17. The Morgan fingerprint density at radius 2 is 2.08 bits per heavy atom. The average molecular weight is 356 g/mol. The molecule has 0 amide bonds. The third-order valence-corrected chi connectivity index (χ3v) is 4.58. The number of pyridine rings is 1. The number of aromatic nitrogens is 3. The van der Waals surface area contributed by atoms with Crippen molar-refractivity contribution >= 4 is 16.9 Å². The highest BCUT2D eigenvalue weighted by Crippen LogP contribution is 2.37. The van der Waals surface area contributed by atoms with E-state index in [9.17, 15) is 8.78 Å². The largest absolute Gasteiger partial charge is 0.476 e. The number of rotatable bonds is 4. The van der Waals surface area contributed by atoms with Crippen LogP contribution in [0.15, 0.2) is 36.7 Å². The molecule has 5 nitrogen and oxygen atoms in total. The molecule has 1 saturated heterocycles. The van der Waals surface area contributed by atoms with Gasteiger partial charge >= 0.3 is 0 Å². The fraction of sp³-hybridized carbons (Fsp3) is 0.316. The molecule has 26 heavy (non-hydrogen) atoms. The summed E-state index contributed by atoms with van der Waals surface area (Å²) in [4.78, 5) is 15.0. The lowest BCUT2D eigenvalue weighted by Crippen LogP contribution is -2.24. The summed E-state index contributed by atoms with van der Waals surface area (Å²) in [6.07, 6.45) is 3.06. The van der Waals surface area contributed by atoms with Gasteiger partial charge < -0.3 is 9.64 Å². The van der Waals surface area contributed by atoms with Crippen LogP contribution in [0.2, 0.25) is 0 Å². The van der Waals surface area contributed by atoms with Crippen LogP contribution in [0.1, 0.15) is 31.4 Å². The van der Waals surface area contributed by atoms with Crippen LogP contribution in [0.25, 0.3) is 11.0 Å². The van der Waals surface area contributed by atoms with Crippen molar-refractivity contribution in [2.24, 2.45) is 0 Å². The van der Waals surface area contributed by atoms with Crippen molar-refractivity contribution in [1.29, 1.82) is 0 Å². The Kier molecular flexibility index (Phi) is 4.36. The lowest BCUT2D eigenvalue weighted by Gasteiger charge is -2.26. The first-order chi connectivity index (χ1) is 12.7. The Morgan fingerprint density at radius 1 is 1.19 bits per heavy atom. The second-order valence-corrected chi connectivity index (χ2v) is 6.17. The highest BCUT2D eigenvalue weighted by atomic mass is 19.1. The van der Waals surface area contributed by atoms with Gasteiger partial charge in [-0.05, 0) is 50.1 Å². The van der Waals surface area contributed by atoms with E-state index in [0.29, 0.717) is 34.9 Å². The molecule has 4 rings (SSSR count). The maximum Gasteiger partial charge on any atom is 0.243 e. The summed E-state index contributed by atoms with van der Waals surface area (Å²) in [5.74, 6) is 0.264. The number of nitrogens with zero attached hydrogens (tertiary/aromatic N) is 4. The molecule has 0 aliphatic carbocycles. The van der Waals surface area contributed by atoms with Gasteiger partial charge in [0, 0.05) is 12.1 Å². The number of halogens is 2. The molecular weight excluding hydrogens is 338 g/mol. The summed E-state index contributed by atoms with van der Waals surface area (Å²) in [6.45, 7) is 3.07. The van der Waals surface area contributed by atoms with E-state index in [1.165, 1.54) is 18.5 Å². The predicted molar refractivity (Wildman–Crippen MR) is 94.2 cm³/mol. The van der Waals surface area contributed by atoms with Crippen molar-refractivity contribution in [3.05, 3.63) is 53.9 Å². The van der Waals surface area contributed by atoms with Gasteiger partial charge in [-0.2, -0.15) is 4.98 Å². The van der Waals surface area contributed by atoms with E-state index in [1.807, 2.05) is 24.0 Å². The van der Waals surface area contributed by atoms with Crippen LogP contribution in [0.4, 0.5) is 14.6 Å². The maximum atomic E-state index is 14.3. The SMILES string of the molecule is CCOc1ncnc2ccc(N3CCCC3c3cc(F)ccc3F)nc12. The minimum atomic E-state index is -0.438. The minimum Gasteiger partial charge on any atom is -0.476 e. The molecule has 0 bridgehead atoms. The highest BCUT2D eigenvalue weighted by molar-refractivity contribution is 5.80. The van der Waals surface area contributed by atoms with E-state index in [2.05, 4.69) is 15.0 Å². The lowest BCUT2D eigenvalue weighted by atomic mass is 10.0. The first kappa shape index (κ1) is 16.6. The number of hydrogen-bond donors (Lipinski definition) is 0. The van der Waals surface area contributed by atoms with Gasteiger partial charge in [0.15, 0.2) is 5.52 Å². The van der Waals surface area contributed by atoms with Crippen molar-refractivity contribution in [3.63, 3.8) is 0 Å². The summed E-state index contributed by atoms with van der Waals surface area (Å²) >= 11 is 0. The zero-order valence-electron chi connectivity index (χ0n) is 14.3. The standard InChI is InChI=1S/C19H18F2N4O/c1-2-26-19-18-15(22-11-23-19)7-8-17(24-18)25-9-3-4-16(25)13-10-12(20)5-6-14(13)21/h5-8,10-11,16H,2-4,9H2,1H3. The smallest absolute Gasteiger partial charge is 0.243 e. The monoisotopic (exact) mass is 356 g/mol. The van der Waals surface area contributed by atoms with Gasteiger partial charge in [0.05, 0.1) is 18.2 Å². The van der Waals surface area contributed by atoms with Crippen molar-refractivity contribution in [1.82, 2.24) is 15.0 Å². The molecule has 1 fully saturated rings. The molecule has 1 aliphatic rings. The van der Waals surface area contributed by atoms with Gasteiger partial charge in [-0.1, -0.05) is 0 Å². The zero-order chi connectivity index (χ0) is 18.1. The van der Waals surface area contributed by atoms with Crippen LogP contribution in [-0.2, 0) is 0 Å². The maximum absolute atomic E-state index is 14.3. The fourth-order valence-corrected chi connectivity index (χ4v) is 3.44. The summed E-state index contributed by atoms with van der Waals surface area (Å²) in [6, 6.07) is 7.03. The summed E-state index contributed by atoms with van der Waals surface area (Å²) in [5.41, 5.74) is 1.61. The summed E-state index contributed by atoms with van der Waals surface area (Å²) in [5, 5.41) is 0. The van der Waals surface area contributed by atoms with E-state index in [1.54, 1.807) is 0 Å². The van der Waals surface area contributed by atoms with Gasteiger partial charge in [-0.25, -0.2) is 18.7 Å². The Labute approximate surface area is 149 Å². The van der Waals surface area contributed by atoms with Crippen LogP contribution in [0, 0.1) is 11.6 Å². The van der Waals surface area contributed by atoms with Crippen LogP contribution in [0.5, 0.6) is 5.88 Å². The van der Waals surface area contributed by atoms with Crippen molar-refractivity contribution in [3.8, 4) is 5.88 Å². The summed E-state index contributed by atoms with van der Waals surface area (Å²) in [7, 11) is 0. The minimum absolute atomic E-state index is 0.254. The third kappa shape index (κ3) is 2.94. The number of fused-ring (bicyclic) bond motifs is 1. The number of benzene rings is 1. The highest BCUT2D eigenvalue weighted by Gasteiger charge is 2.30. The predicted octanol–water partition coefficient (Wildman–Crippen LogP) is 4.04. The van der Waals surface area contributed by atoms with Crippen LogP contribution < -0.4 is 9.64 Å². The molecule has 134 valence electrons. The van der Waals surface area contributed by atoms with Gasteiger partial charge in [-0.3, -0.25) is 0 Å². The Balaban J connectivity index is 1.76. The van der Waals surface area contributed by atoms with Crippen molar-refractivity contribution < 1.29 is 13.5 Å². The van der Waals surface area contributed by atoms with Gasteiger partial charge in [0.25, 0.3) is 0 Å². The van der Waals surface area contributed by atoms with E-state index < -0.39 is 11.6 Å². The van der Waals surface area contributed by atoms with Crippen LogP contribution in [0.3, 0.4) is 0 Å². The molecule has 1 aromatic carbocycles. The molecule has 2 aromatic heterocycles. The van der Waals surface area contributed by atoms with Crippen molar-refractivity contribution in [2.45, 2.75) is 25.8 Å². The quantitative estimate of drug-likeness (QED) is 0.706. The summed E-state index contributed by atoms with van der Waals surface area (Å²) < 4.78 is 33.5. The molecule has 1 aliphatic heterocycles. The first-order valence-electron chi connectivity index (χ1n) is 8.63. The first-order valence-corrected chi connectivity index (χ1v) is 8.63. The number of ether oxygens (including phenoxy) is 1. The topological polar surface area (TPSA) is 51.1 Å². The van der Waals surface area contributed by atoms with E-state index >= 15 is 0 Å². The lowest BCUT2D eigenvalue weighted by molar-refractivity contribution is 0.330. The van der Waals surface area contributed by atoms with E-state index in [4.69, 9.17) is 4.74 Å². The molecule has 1 unspecified atom stereocenters. The normalized spacial score (nSPS) is 17.0. The van der Waals surface area contributed by atoms with E-state index in [-0.39, 0.29) is 6.04 Å². The molecule has 0 saturated carbocycles.